The molecule has 244 valence electrons. The number of nitrogens with one attached hydrogen (secondary N) is 2. The third kappa shape index (κ3) is 4.18. The minimum Gasteiger partial charge on any atom is -0.508 e. The summed E-state index contributed by atoms with van der Waals surface area (Å²) in [5.41, 5.74) is 0.700. The first-order valence-corrected chi connectivity index (χ1v) is 14.7. The van der Waals surface area contributed by atoms with E-state index in [0.29, 0.717) is 45.4 Å². The molecule has 0 saturated carbocycles. The van der Waals surface area contributed by atoms with E-state index < -0.39 is 48.3 Å². The molecule has 7 N–H and O–H groups in total. The van der Waals surface area contributed by atoms with Gasteiger partial charge in [-0.3, -0.25) is 0 Å². The number of rotatable bonds is 6. The molecule has 4 aliphatic rings. The molecule has 0 aromatic heterocycles. The van der Waals surface area contributed by atoms with E-state index in [9.17, 15) is 30.3 Å². The number of phenols is 1. The lowest BCUT2D eigenvalue weighted by Crippen LogP contribution is -2.77. The number of aliphatic hydroxyl groups excluding tert-OH is 3. The number of carboxylic acid groups (broad SMARTS) is 1. The number of carbonyl (C=O) groups is 1. The number of hydrogen-bond acceptors (Lipinski definition) is 13. The summed E-state index contributed by atoms with van der Waals surface area (Å²) in [6, 6.07) is 11.9. The zero-order valence-corrected chi connectivity index (χ0v) is 25.1. The third-order valence-corrected chi connectivity index (χ3v) is 9.20. The van der Waals surface area contributed by atoms with Crippen LogP contribution in [0.2, 0.25) is 0 Å². The number of benzene rings is 3. The first-order valence-electron chi connectivity index (χ1n) is 14.7. The number of likely N-dealkylation sites (N-methyl/N-ethyl adjacent to an activating group) is 1. The van der Waals surface area contributed by atoms with Crippen molar-refractivity contribution in [3.8, 4) is 45.6 Å². The quantitative estimate of drug-likeness (QED) is 0.204. The van der Waals surface area contributed by atoms with Crippen LogP contribution in [0, 0.1) is 0 Å². The van der Waals surface area contributed by atoms with Crippen molar-refractivity contribution in [3.63, 3.8) is 0 Å². The van der Waals surface area contributed by atoms with E-state index in [-0.39, 0.29) is 30.6 Å². The van der Waals surface area contributed by atoms with Crippen LogP contribution in [-0.2, 0) is 9.53 Å². The first kappa shape index (κ1) is 30.2. The Kier molecular flexibility index (Phi) is 7.10. The van der Waals surface area contributed by atoms with Gasteiger partial charge in [0.2, 0.25) is 11.4 Å². The molecule has 0 aliphatic carbocycles. The van der Waals surface area contributed by atoms with Gasteiger partial charge in [-0.15, -0.1) is 0 Å². The number of phenolic OH excluding ortho intramolecular Hbond substituents is 1. The monoisotopic (exact) mass is 638 g/mol. The summed E-state index contributed by atoms with van der Waals surface area (Å²) in [5.74, 6) is -1.93. The second kappa shape index (κ2) is 10.8. The zero-order chi connectivity index (χ0) is 32.5. The molecule has 7 unspecified atom stereocenters. The molecule has 1 saturated heterocycles. The largest absolute Gasteiger partial charge is 0.508 e. The van der Waals surface area contributed by atoms with Gasteiger partial charge in [-0.2, -0.15) is 0 Å². The molecule has 4 heterocycles. The van der Waals surface area contributed by atoms with Crippen molar-refractivity contribution in [1.82, 2.24) is 5.32 Å². The smallest absolute Gasteiger partial charge is 0.340 e. The summed E-state index contributed by atoms with van der Waals surface area (Å²) in [6.45, 7) is -0.495. The van der Waals surface area contributed by atoms with Crippen LogP contribution in [0.1, 0.15) is 23.1 Å². The number of hydrogen-bond donors (Lipinski definition) is 7. The lowest BCUT2D eigenvalue weighted by atomic mass is 9.81. The van der Waals surface area contributed by atoms with Crippen molar-refractivity contribution < 1.29 is 58.7 Å². The van der Waals surface area contributed by atoms with Crippen molar-refractivity contribution in [2.75, 3.05) is 46.3 Å². The normalized spacial score (nSPS) is 30.3. The molecule has 14 heteroatoms. The Bertz CT molecular complexity index is 1720. The van der Waals surface area contributed by atoms with E-state index in [2.05, 4.69) is 10.6 Å². The average molecular weight is 639 g/mol. The average Bonchev–Trinajstić information content (AvgIpc) is 3.44. The minimum atomic E-state index is -2.36. The standard InChI is InChI=1S/C32H34N2O12/c1-33-12-31(30(39)40)28(37)23(36)29(38)32(46-31)13-34-22-20(45-32)10-17(14-5-4-6-15(35)9-14)21-24-18(11-43-27(21)22)16-7-8-19(41-2)26(42-3)25(16)44-24/h4-10,18,23-24,28-29,33-38H,11-13H2,1-3H3,(H,39,40). The maximum Gasteiger partial charge on any atom is 0.340 e. The molecule has 4 aliphatic heterocycles. The number of anilines is 1. The predicted octanol–water partition coefficient (Wildman–Crippen LogP) is 1.34. The summed E-state index contributed by atoms with van der Waals surface area (Å²) >= 11 is 0. The van der Waals surface area contributed by atoms with Crippen LogP contribution in [-0.4, -0.2) is 102 Å². The second-order valence-electron chi connectivity index (χ2n) is 11.7. The van der Waals surface area contributed by atoms with Gasteiger partial charge in [0.05, 0.1) is 33.3 Å². The topological polar surface area (TPSA) is 198 Å². The van der Waals surface area contributed by atoms with Crippen LogP contribution in [0.5, 0.6) is 34.5 Å². The highest BCUT2D eigenvalue weighted by molar-refractivity contribution is 5.84. The Morgan fingerprint density at radius 1 is 1.09 bits per heavy atom. The minimum absolute atomic E-state index is 0.0104. The summed E-state index contributed by atoms with van der Waals surface area (Å²) < 4.78 is 36.5. The van der Waals surface area contributed by atoms with E-state index in [4.69, 9.17) is 28.4 Å². The molecule has 0 amide bonds. The number of ether oxygens (including phenoxy) is 6. The highest BCUT2D eigenvalue weighted by atomic mass is 16.7. The van der Waals surface area contributed by atoms with Crippen molar-refractivity contribution in [3.05, 3.63) is 53.6 Å². The lowest BCUT2D eigenvalue weighted by Gasteiger charge is -2.53. The van der Waals surface area contributed by atoms with E-state index in [1.54, 1.807) is 31.4 Å². The Labute approximate surface area is 263 Å². The molecule has 0 bridgehead atoms. The third-order valence-electron chi connectivity index (χ3n) is 9.20. The Hall–Kier alpha value is -4.47. The van der Waals surface area contributed by atoms with Crippen LogP contribution in [0.25, 0.3) is 11.1 Å². The van der Waals surface area contributed by atoms with E-state index in [1.165, 1.54) is 20.2 Å². The second-order valence-corrected chi connectivity index (χ2v) is 11.7. The van der Waals surface area contributed by atoms with E-state index in [0.717, 1.165) is 5.56 Å². The fraction of sp³-hybridized carbons (Fsp3) is 0.406. The van der Waals surface area contributed by atoms with Gasteiger partial charge in [-0.05, 0) is 42.4 Å². The van der Waals surface area contributed by atoms with Crippen LogP contribution in [0.4, 0.5) is 5.69 Å². The van der Waals surface area contributed by atoms with Crippen LogP contribution in [0.15, 0.2) is 42.5 Å². The SMILES string of the molecule is CNCC1(C(=O)O)OC2(CNc3c(cc(-c4cccc(O)c4)c4c3OCC3c5ccc(OC)c(OC)c5OC43)O2)C(O)C(O)C1O. The fourth-order valence-corrected chi connectivity index (χ4v) is 6.99. The van der Waals surface area contributed by atoms with Gasteiger partial charge in [-0.25, -0.2) is 4.79 Å². The van der Waals surface area contributed by atoms with Gasteiger partial charge in [0.25, 0.3) is 5.79 Å². The van der Waals surface area contributed by atoms with Crippen LogP contribution in [0.3, 0.4) is 0 Å². The van der Waals surface area contributed by atoms with Gasteiger partial charge >= 0.3 is 5.97 Å². The van der Waals surface area contributed by atoms with Gasteiger partial charge in [0, 0.05) is 17.7 Å². The predicted molar refractivity (Wildman–Crippen MR) is 160 cm³/mol. The number of aliphatic hydroxyl groups is 3. The van der Waals surface area contributed by atoms with Crippen molar-refractivity contribution >= 4 is 11.7 Å². The Balaban J connectivity index is 1.38. The summed E-state index contributed by atoms with van der Waals surface area (Å²) in [5, 5.41) is 59.3. The molecule has 7 rings (SSSR count). The van der Waals surface area contributed by atoms with Crippen LogP contribution >= 0.6 is 0 Å². The molecule has 3 aromatic carbocycles. The molecule has 3 aromatic rings. The van der Waals surface area contributed by atoms with E-state index in [1.807, 2.05) is 12.1 Å². The van der Waals surface area contributed by atoms with Crippen molar-refractivity contribution in [2.24, 2.45) is 0 Å². The summed E-state index contributed by atoms with van der Waals surface area (Å²) in [6.07, 6.45) is -6.32. The number of methoxy groups -OCH3 is 2. The summed E-state index contributed by atoms with van der Waals surface area (Å²) in [4.78, 5) is 12.5. The molecular weight excluding hydrogens is 604 g/mol. The lowest BCUT2D eigenvalue weighted by molar-refractivity contribution is -0.354. The Morgan fingerprint density at radius 2 is 1.89 bits per heavy atom. The number of aromatic hydroxyl groups is 1. The molecule has 1 spiro atoms. The molecule has 1 fully saturated rings. The maximum atomic E-state index is 12.5. The Morgan fingerprint density at radius 3 is 2.59 bits per heavy atom. The molecule has 46 heavy (non-hydrogen) atoms. The molecule has 0 radical (unpaired) electrons. The molecule has 7 atom stereocenters. The fourth-order valence-electron chi connectivity index (χ4n) is 6.99. The highest BCUT2D eigenvalue weighted by Gasteiger charge is 2.66. The van der Waals surface area contributed by atoms with Gasteiger partial charge in [0.1, 0.15) is 35.9 Å². The van der Waals surface area contributed by atoms with Gasteiger partial charge in [-0.1, -0.05) is 18.2 Å². The van der Waals surface area contributed by atoms with Gasteiger partial charge in [0.15, 0.2) is 23.0 Å². The number of fused-ring (bicyclic) bond motifs is 7. The highest BCUT2D eigenvalue weighted by Crippen LogP contribution is 2.61. The van der Waals surface area contributed by atoms with Gasteiger partial charge < -0.3 is 64.6 Å². The first-order chi connectivity index (χ1) is 22.1. The van der Waals surface area contributed by atoms with Crippen molar-refractivity contribution in [1.29, 1.82) is 0 Å². The zero-order valence-electron chi connectivity index (χ0n) is 25.1. The van der Waals surface area contributed by atoms with Crippen molar-refractivity contribution in [2.45, 2.75) is 41.7 Å². The maximum absolute atomic E-state index is 12.5. The van der Waals surface area contributed by atoms with Crippen LogP contribution < -0.4 is 34.3 Å². The molecular formula is C32H34N2O12. The summed E-state index contributed by atoms with van der Waals surface area (Å²) in [7, 11) is 4.54. The van der Waals surface area contributed by atoms with E-state index >= 15 is 0 Å². The number of carboxylic acids is 1. The molecule has 14 nitrogen and oxygen atoms in total. The number of aliphatic carboxylic acids is 1.